The van der Waals surface area contributed by atoms with Crippen LogP contribution in [-0.4, -0.2) is 17.3 Å². The Hall–Kier alpha value is -1.52. The minimum atomic E-state index is 0.460. The van der Waals surface area contributed by atoms with E-state index in [0.29, 0.717) is 11.6 Å². The molecule has 0 saturated heterocycles. The molecule has 0 unspecified atom stereocenters. The summed E-state index contributed by atoms with van der Waals surface area (Å²) >= 11 is 6.89. The number of rotatable bonds is 7. The molecule has 0 radical (unpaired) electrons. The molecule has 0 aromatic heterocycles. The number of ether oxygens (including phenoxy) is 1. The maximum absolute atomic E-state index is 5.73. The molecule has 0 fully saturated rings. The van der Waals surface area contributed by atoms with E-state index >= 15 is 0 Å². The zero-order valence-electron chi connectivity index (χ0n) is 12.0. The Bertz CT molecular complexity index is 613. The second kappa shape index (κ2) is 8.05. The number of hydrogen-bond acceptors (Lipinski definition) is 3. The van der Waals surface area contributed by atoms with Gasteiger partial charge in [0.1, 0.15) is 10.7 Å². The molecule has 2 nitrogen and oxygen atoms in total. The molecule has 2 rings (SSSR count). The van der Waals surface area contributed by atoms with Crippen molar-refractivity contribution in [2.75, 3.05) is 12.4 Å². The summed E-state index contributed by atoms with van der Waals surface area (Å²) in [6.45, 7) is 2.76. The lowest BCUT2D eigenvalue weighted by Crippen LogP contribution is -2.12. The van der Waals surface area contributed by atoms with E-state index < -0.39 is 0 Å². The third-order valence-electron chi connectivity index (χ3n) is 3.03. The molecule has 2 N–H and O–H groups in total. The van der Waals surface area contributed by atoms with Gasteiger partial charge in [0, 0.05) is 17.1 Å². The largest absolute Gasteiger partial charge is 0.493 e. The van der Waals surface area contributed by atoms with E-state index in [1.54, 1.807) is 0 Å². The molecule has 2 aromatic carbocycles. The van der Waals surface area contributed by atoms with E-state index in [1.807, 2.05) is 48.2 Å². The number of benzene rings is 2. The van der Waals surface area contributed by atoms with Crippen molar-refractivity contribution in [1.82, 2.24) is 0 Å². The monoisotopic (exact) mass is 317 g/mol. The number of thiocarbonyl (C=S) groups is 1. The molecule has 0 atom stereocenters. The van der Waals surface area contributed by atoms with E-state index in [1.165, 1.54) is 11.1 Å². The molecule has 110 valence electrons. The quantitative estimate of drug-likeness (QED) is 0.620. The summed E-state index contributed by atoms with van der Waals surface area (Å²) in [7, 11) is 0. The second-order valence-corrected chi connectivity index (χ2v) is 6.28. The van der Waals surface area contributed by atoms with Crippen LogP contribution in [0.2, 0.25) is 0 Å². The molecule has 0 aliphatic rings. The van der Waals surface area contributed by atoms with Gasteiger partial charge in [0.05, 0.1) is 6.61 Å². The van der Waals surface area contributed by atoms with Crippen molar-refractivity contribution in [2.24, 2.45) is 5.73 Å². The fourth-order valence-corrected chi connectivity index (χ4v) is 3.01. The SMILES string of the molecule is Cc1cccc(OCCSCc2ccccc2C(N)=S)c1. The van der Waals surface area contributed by atoms with Crippen molar-refractivity contribution in [3.05, 3.63) is 65.2 Å². The highest BCUT2D eigenvalue weighted by Gasteiger charge is 2.04. The minimum absolute atomic E-state index is 0.460. The maximum atomic E-state index is 5.73. The number of aryl methyl sites for hydroxylation is 1. The molecule has 0 heterocycles. The van der Waals surface area contributed by atoms with Crippen molar-refractivity contribution in [3.63, 3.8) is 0 Å². The van der Waals surface area contributed by atoms with Crippen LogP contribution in [0.25, 0.3) is 0 Å². The van der Waals surface area contributed by atoms with E-state index in [0.717, 1.165) is 22.8 Å². The molecule has 0 saturated carbocycles. The van der Waals surface area contributed by atoms with Gasteiger partial charge < -0.3 is 10.5 Å². The first-order chi connectivity index (χ1) is 10.2. The van der Waals surface area contributed by atoms with Crippen LogP contribution in [0.3, 0.4) is 0 Å². The molecule has 4 heteroatoms. The second-order valence-electron chi connectivity index (χ2n) is 4.74. The van der Waals surface area contributed by atoms with Crippen molar-refractivity contribution < 1.29 is 4.74 Å². The maximum Gasteiger partial charge on any atom is 0.119 e. The number of hydrogen-bond donors (Lipinski definition) is 1. The van der Waals surface area contributed by atoms with Gasteiger partial charge in [-0.15, -0.1) is 0 Å². The average Bonchev–Trinajstić information content (AvgIpc) is 2.47. The highest BCUT2D eigenvalue weighted by Crippen LogP contribution is 2.17. The number of thioether (sulfide) groups is 1. The summed E-state index contributed by atoms with van der Waals surface area (Å²) in [6, 6.07) is 16.1. The zero-order chi connectivity index (χ0) is 15.1. The molecule has 0 spiro atoms. The van der Waals surface area contributed by atoms with E-state index in [-0.39, 0.29) is 0 Å². The van der Waals surface area contributed by atoms with Crippen LogP contribution >= 0.6 is 24.0 Å². The third-order valence-corrected chi connectivity index (χ3v) is 4.22. The van der Waals surface area contributed by atoms with Crippen molar-refractivity contribution >= 4 is 29.0 Å². The number of nitrogens with two attached hydrogens (primary N) is 1. The predicted octanol–water partition coefficient (Wildman–Crippen LogP) is 3.94. The Labute approximate surface area is 135 Å². The molecule has 0 amide bonds. The Morgan fingerprint density at radius 2 is 2.00 bits per heavy atom. The van der Waals surface area contributed by atoms with E-state index in [2.05, 4.69) is 19.1 Å². The smallest absolute Gasteiger partial charge is 0.119 e. The van der Waals surface area contributed by atoms with Crippen LogP contribution < -0.4 is 10.5 Å². The van der Waals surface area contributed by atoms with Crippen LogP contribution in [0.4, 0.5) is 0 Å². The predicted molar refractivity (Wildman–Crippen MR) is 95.2 cm³/mol. The average molecular weight is 317 g/mol. The summed E-state index contributed by atoms with van der Waals surface area (Å²) in [5.74, 6) is 2.75. The lowest BCUT2D eigenvalue weighted by Gasteiger charge is -2.09. The summed E-state index contributed by atoms with van der Waals surface area (Å²) in [4.78, 5) is 0.460. The van der Waals surface area contributed by atoms with Gasteiger partial charge in [-0.2, -0.15) is 11.8 Å². The first kappa shape index (κ1) is 15.9. The first-order valence-electron chi connectivity index (χ1n) is 6.82. The van der Waals surface area contributed by atoms with Crippen LogP contribution in [0.1, 0.15) is 16.7 Å². The van der Waals surface area contributed by atoms with Gasteiger partial charge in [-0.25, -0.2) is 0 Å². The van der Waals surface area contributed by atoms with Gasteiger partial charge in [-0.3, -0.25) is 0 Å². The summed E-state index contributed by atoms with van der Waals surface area (Å²) in [6.07, 6.45) is 0. The van der Waals surface area contributed by atoms with Crippen molar-refractivity contribution in [1.29, 1.82) is 0 Å². The fourth-order valence-electron chi connectivity index (χ4n) is 1.99. The van der Waals surface area contributed by atoms with Gasteiger partial charge in [0.25, 0.3) is 0 Å². The van der Waals surface area contributed by atoms with E-state index in [4.69, 9.17) is 22.7 Å². The molecule has 0 aliphatic carbocycles. The van der Waals surface area contributed by atoms with Gasteiger partial charge in [-0.05, 0) is 30.2 Å². The van der Waals surface area contributed by atoms with Gasteiger partial charge >= 0.3 is 0 Å². The Balaban J connectivity index is 1.76. The molecule has 2 aromatic rings. The van der Waals surface area contributed by atoms with Gasteiger partial charge in [-0.1, -0.05) is 48.6 Å². The van der Waals surface area contributed by atoms with Gasteiger partial charge in [0.2, 0.25) is 0 Å². The first-order valence-corrected chi connectivity index (χ1v) is 8.38. The van der Waals surface area contributed by atoms with Crippen LogP contribution in [0.5, 0.6) is 5.75 Å². The lowest BCUT2D eigenvalue weighted by atomic mass is 10.1. The highest BCUT2D eigenvalue weighted by molar-refractivity contribution is 7.98. The Morgan fingerprint density at radius 3 is 2.76 bits per heavy atom. The molecular weight excluding hydrogens is 298 g/mol. The van der Waals surface area contributed by atoms with Crippen LogP contribution in [0, 0.1) is 6.92 Å². The summed E-state index contributed by atoms with van der Waals surface area (Å²) < 4.78 is 5.73. The normalized spacial score (nSPS) is 10.3. The van der Waals surface area contributed by atoms with Crippen LogP contribution in [0.15, 0.2) is 48.5 Å². The fraction of sp³-hybridized carbons (Fsp3) is 0.235. The molecule has 0 aliphatic heterocycles. The van der Waals surface area contributed by atoms with Crippen LogP contribution in [-0.2, 0) is 5.75 Å². The zero-order valence-corrected chi connectivity index (χ0v) is 13.7. The molecule has 21 heavy (non-hydrogen) atoms. The van der Waals surface area contributed by atoms with Crippen molar-refractivity contribution in [2.45, 2.75) is 12.7 Å². The third kappa shape index (κ3) is 5.06. The van der Waals surface area contributed by atoms with Gasteiger partial charge in [0.15, 0.2) is 0 Å². The molecule has 0 bridgehead atoms. The topological polar surface area (TPSA) is 35.2 Å². The minimum Gasteiger partial charge on any atom is -0.493 e. The summed E-state index contributed by atoms with van der Waals surface area (Å²) in [5, 5.41) is 0. The van der Waals surface area contributed by atoms with E-state index in [9.17, 15) is 0 Å². The lowest BCUT2D eigenvalue weighted by molar-refractivity contribution is 0.343. The highest BCUT2D eigenvalue weighted by atomic mass is 32.2. The molecular formula is C17H19NOS2. The standard InChI is InChI=1S/C17H19NOS2/c1-13-5-4-7-15(11-13)19-9-10-21-12-14-6-2-3-8-16(14)17(18)20/h2-8,11H,9-10,12H2,1H3,(H2,18,20). The Kier molecular flexibility index (Phi) is 6.08. The summed E-state index contributed by atoms with van der Waals surface area (Å²) in [5.41, 5.74) is 9.10. The Morgan fingerprint density at radius 1 is 1.19 bits per heavy atom. The van der Waals surface area contributed by atoms with Crippen molar-refractivity contribution in [3.8, 4) is 5.75 Å².